The standard InChI is InChI=1S/C13H17N5/c1-11-14-13(16-15-11)18-9-7-17(8-10-18)12-5-3-2-4-6-12/h2-6H,7-10H2,1H3,(H,14,15,16). The molecule has 0 unspecified atom stereocenters. The van der Waals surface area contributed by atoms with Crippen LogP contribution in [0.25, 0.3) is 0 Å². The first kappa shape index (κ1) is 11.1. The van der Waals surface area contributed by atoms with E-state index in [-0.39, 0.29) is 0 Å². The summed E-state index contributed by atoms with van der Waals surface area (Å²) in [6.45, 7) is 5.88. The number of nitrogens with zero attached hydrogens (tertiary/aromatic N) is 4. The molecule has 1 saturated heterocycles. The van der Waals surface area contributed by atoms with Crippen LogP contribution < -0.4 is 9.80 Å². The van der Waals surface area contributed by atoms with Crippen molar-refractivity contribution in [2.24, 2.45) is 0 Å². The van der Waals surface area contributed by atoms with Crippen molar-refractivity contribution in [3.8, 4) is 0 Å². The molecule has 0 spiro atoms. The third-order valence-electron chi connectivity index (χ3n) is 3.27. The highest BCUT2D eigenvalue weighted by Crippen LogP contribution is 2.17. The molecule has 94 valence electrons. The molecule has 0 bridgehead atoms. The number of hydrogen-bond donors (Lipinski definition) is 1. The summed E-state index contributed by atoms with van der Waals surface area (Å²) >= 11 is 0. The van der Waals surface area contributed by atoms with Crippen molar-refractivity contribution in [1.29, 1.82) is 0 Å². The summed E-state index contributed by atoms with van der Waals surface area (Å²) in [6.07, 6.45) is 0. The van der Waals surface area contributed by atoms with E-state index in [1.807, 2.05) is 6.92 Å². The van der Waals surface area contributed by atoms with Gasteiger partial charge in [-0.15, -0.1) is 5.10 Å². The highest BCUT2D eigenvalue weighted by atomic mass is 15.4. The Hall–Kier alpha value is -2.04. The highest BCUT2D eigenvalue weighted by molar-refractivity contribution is 5.48. The zero-order valence-corrected chi connectivity index (χ0v) is 10.5. The van der Waals surface area contributed by atoms with E-state index in [0.717, 1.165) is 38.0 Å². The summed E-state index contributed by atoms with van der Waals surface area (Å²) in [5.41, 5.74) is 1.29. The Labute approximate surface area is 106 Å². The lowest BCUT2D eigenvalue weighted by molar-refractivity contribution is 0.641. The summed E-state index contributed by atoms with van der Waals surface area (Å²) in [5.74, 6) is 1.69. The smallest absolute Gasteiger partial charge is 0.244 e. The van der Waals surface area contributed by atoms with E-state index in [1.54, 1.807) is 0 Å². The number of rotatable bonds is 2. The molecule has 5 nitrogen and oxygen atoms in total. The first-order chi connectivity index (χ1) is 8.83. The first-order valence-corrected chi connectivity index (χ1v) is 6.27. The van der Waals surface area contributed by atoms with Crippen LogP contribution in [0, 0.1) is 6.92 Å². The van der Waals surface area contributed by atoms with Crippen LogP contribution in [0.5, 0.6) is 0 Å². The summed E-state index contributed by atoms with van der Waals surface area (Å²) in [5, 5.41) is 7.10. The Morgan fingerprint density at radius 2 is 1.67 bits per heavy atom. The molecule has 18 heavy (non-hydrogen) atoms. The molecule has 0 saturated carbocycles. The Morgan fingerprint density at radius 1 is 1.00 bits per heavy atom. The summed E-state index contributed by atoms with van der Waals surface area (Å²) < 4.78 is 0. The van der Waals surface area contributed by atoms with Crippen molar-refractivity contribution in [2.75, 3.05) is 36.0 Å². The van der Waals surface area contributed by atoms with Gasteiger partial charge in [-0.1, -0.05) is 18.2 Å². The molecule has 1 aromatic heterocycles. The lowest BCUT2D eigenvalue weighted by Gasteiger charge is -2.35. The third kappa shape index (κ3) is 2.16. The SMILES string of the molecule is Cc1nc(N2CCN(c3ccccc3)CC2)n[nH]1. The lowest BCUT2D eigenvalue weighted by atomic mass is 10.2. The molecule has 1 fully saturated rings. The maximum absolute atomic E-state index is 4.37. The van der Waals surface area contributed by atoms with E-state index < -0.39 is 0 Å². The van der Waals surface area contributed by atoms with Crippen molar-refractivity contribution in [3.63, 3.8) is 0 Å². The summed E-state index contributed by atoms with van der Waals surface area (Å²) in [6, 6.07) is 10.5. The first-order valence-electron chi connectivity index (χ1n) is 6.27. The van der Waals surface area contributed by atoms with Gasteiger partial charge < -0.3 is 9.80 Å². The van der Waals surface area contributed by atoms with Gasteiger partial charge in [0.1, 0.15) is 5.82 Å². The monoisotopic (exact) mass is 243 g/mol. The number of H-pyrrole nitrogens is 1. The fourth-order valence-electron chi connectivity index (χ4n) is 2.28. The van der Waals surface area contributed by atoms with E-state index in [0.29, 0.717) is 0 Å². The van der Waals surface area contributed by atoms with Gasteiger partial charge in [0.05, 0.1) is 0 Å². The normalized spacial score (nSPS) is 16.1. The van der Waals surface area contributed by atoms with Crippen molar-refractivity contribution in [3.05, 3.63) is 36.2 Å². The van der Waals surface area contributed by atoms with E-state index >= 15 is 0 Å². The molecular weight excluding hydrogens is 226 g/mol. The number of para-hydroxylation sites is 1. The molecule has 2 heterocycles. The Balaban J connectivity index is 1.65. The molecule has 1 aliphatic heterocycles. The average Bonchev–Trinajstić information content (AvgIpc) is 2.87. The van der Waals surface area contributed by atoms with Crippen LogP contribution >= 0.6 is 0 Å². The minimum atomic E-state index is 0.820. The fraction of sp³-hybridized carbons (Fsp3) is 0.385. The van der Waals surface area contributed by atoms with Crippen LogP contribution in [0.2, 0.25) is 0 Å². The molecule has 2 aromatic rings. The van der Waals surface area contributed by atoms with Gasteiger partial charge in [0.2, 0.25) is 5.95 Å². The third-order valence-corrected chi connectivity index (χ3v) is 3.27. The van der Waals surface area contributed by atoms with E-state index in [2.05, 4.69) is 55.3 Å². The van der Waals surface area contributed by atoms with Crippen molar-refractivity contribution in [2.45, 2.75) is 6.92 Å². The van der Waals surface area contributed by atoms with Crippen LogP contribution in [-0.4, -0.2) is 41.4 Å². The van der Waals surface area contributed by atoms with Crippen LogP contribution in [0.15, 0.2) is 30.3 Å². The quantitative estimate of drug-likeness (QED) is 0.867. The number of aromatic amines is 1. The molecule has 5 heteroatoms. The predicted molar refractivity (Wildman–Crippen MR) is 72.0 cm³/mol. The van der Waals surface area contributed by atoms with Crippen LogP contribution in [0.3, 0.4) is 0 Å². The molecular formula is C13H17N5. The van der Waals surface area contributed by atoms with Crippen LogP contribution in [-0.2, 0) is 0 Å². The Bertz CT molecular complexity index is 499. The zero-order valence-electron chi connectivity index (χ0n) is 10.5. The number of nitrogens with one attached hydrogen (secondary N) is 1. The van der Waals surface area contributed by atoms with Gasteiger partial charge in [-0.3, -0.25) is 5.10 Å². The Kier molecular flexibility index (Phi) is 2.88. The molecule has 1 N–H and O–H groups in total. The van der Waals surface area contributed by atoms with E-state index in [9.17, 15) is 0 Å². The fourth-order valence-corrected chi connectivity index (χ4v) is 2.28. The van der Waals surface area contributed by atoms with Crippen molar-refractivity contribution >= 4 is 11.6 Å². The molecule has 0 aliphatic carbocycles. The van der Waals surface area contributed by atoms with Gasteiger partial charge >= 0.3 is 0 Å². The van der Waals surface area contributed by atoms with Crippen molar-refractivity contribution < 1.29 is 0 Å². The minimum absolute atomic E-state index is 0.820. The van der Waals surface area contributed by atoms with Crippen molar-refractivity contribution in [1.82, 2.24) is 15.2 Å². The molecule has 1 aromatic carbocycles. The molecule has 3 rings (SSSR count). The molecule has 0 atom stereocenters. The number of aromatic nitrogens is 3. The van der Waals surface area contributed by atoms with Crippen LogP contribution in [0.1, 0.15) is 5.82 Å². The number of aryl methyl sites for hydroxylation is 1. The molecule has 0 radical (unpaired) electrons. The van der Waals surface area contributed by atoms with Gasteiger partial charge in [0, 0.05) is 31.9 Å². The highest BCUT2D eigenvalue weighted by Gasteiger charge is 2.19. The minimum Gasteiger partial charge on any atom is -0.368 e. The Morgan fingerprint density at radius 3 is 2.28 bits per heavy atom. The topological polar surface area (TPSA) is 48.1 Å². The maximum Gasteiger partial charge on any atom is 0.244 e. The largest absolute Gasteiger partial charge is 0.368 e. The number of benzene rings is 1. The summed E-state index contributed by atoms with van der Waals surface area (Å²) in [7, 11) is 0. The number of anilines is 2. The van der Waals surface area contributed by atoms with E-state index in [4.69, 9.17) is 0 Å². The number of hydrogen-bond acceptors (Lipinski definition) is 4. The molecule has 0 amide bonds. The van der Waals surface area contributed by atoms with Crippen LogP contribution in [0.4, 0.5) is 11.6 Å². The van der Waals surface area contributed by atoms with Gasteiger partial charge in [-0.05, 0) is 19.1 Å². The predicted octanol–water partition coefficient (Wildman–Crippen LogP) is 1.44. The maximum atomic E-state index is 4.37. The second-order valence-corrected chi connectivity index (χ2v) is 4.53. The lowest BCUT2D eigenvalue weighted by Crippen LogP contribution is -2.47. The van der Waals surface area contributed by atoms with Gasteiger partial charge in [0.15, 0.2) is 0 Å². The number of piperazine rings is 1. The average molecular weight is 243 g/mol. The second-order valence-electron chi connectivity index (χ2n) is 4.53. The van der Waals surface area contributed by atoms with E-state index in [1.165, 1.54) is 5.69 Å². The summed E-state index contributed by atoms with van der Waals surface area (Å²) in [4.78, 5) is 9.00. The second kappa shape index (κ2) is 4.68. The molecule has 1 aliphatic rings. The van der Waals surface area contributed by atoms with Gasteiger partial charge in [-0.2, -0.15) is 4.98 Å². The zero-order chi connectivity index (χ0) is 12.4. The van der Waals surface area contributed by atoms with Gasteiger partial charge in [0.25, 0.3) is 0 Å². The van der Waals surface area contributed by atoms with Gasteiger partial charge in [-0.25, -0.2) is 0 Å².